The molecule has 1 rings (SSSR count). The lowest BCUT2D eigenvalue weighted by molar-refractivity contribution is -0.146. The molecule has 0 aromatic heterocycles. The van der Waals surface area contributed by atoms with E-state index in [0.717, 1.165) is 12.1 Å². The van der Waals surface area contributed by atoms with Gasteiger partial charge in [0.1, 0.15) is 12.6 Å². The third kappa shape index (κ3) is 14.9. The van der Waals surface area contributed by atoms with E-state index in [1.807, 2.05) is 25.1 Å². The van der Waals surface area contributed by atoms with E-state index in [0.29, 0.717) is 38.9 Å². The van der Waals surface area contributed by atoms with Crippen molar-refractivity contribution in [3.05, 3.63) is 35.9 Å². The van der Waals surface area contributed by atoms with Crippen molar-refractivity contribution < 1.29 is 19.1 Å². The number of nitrogens with two attached hydrogens (primary N) is 5. The summed E-state index contributed by atoms with van der Waals surface area (Å²) in [6, 6.07) is 8.06. The summed E-state index contributed by atoms with van der Waals surface area (Å²) in [5.74, 6) is -1.23. The molecule has 0 aliphatic carbocycles. The molecule has 0 amide bonds. The van der Waals surface area contributed by atoms with Crippen LogP contribution < -0.4 is 28.7 Å². The number of carbonyl (C=O) groups is 2. The first-order valence-corrected chi connectivity index (χ1v) is 12.6. The van der Waals surface area contributed by atoms with E-state index in [4.69, 9.17) is 43.6 Å². The van der Waals surface area contributed by atoms with Gasteiger partial charge in [-0.2, -0.15) is 0 Å². The Hall–Kier alpha value is -4.27. The first kappa shape index (κ1) is 32.8. The summed E-state index contributed by atoms with van der Waals surface area (Å²) in [5, 5.41) is 13.3. The Bertz CT molecular complexity index is 949. The molecule has 1 atom stereocenters. The number of nitrogens with zero attached hydrogens (tertiary/aromatic N) is 5. The number of hydrazone groups is 1. The quantitative estimate of drug-likeness (QED) is 0.0353. The zero-order chi connectivity index (χ0) is 29.2. The first-order chi connectivity index (χ1) is 18.5. The summed E-state index contributed by atoms with van der Waals surface area (Å²) in [4.78, 5) is 32.9. The average molecular weight is 550 g/mol. The van der Waals surface area contributed by atoms with Crippen molar-refractivity contribution in [3.63, 3.8) is 0 Å². The number of esters is 1. The van der Waals surface area contributed by atoms with Gasteiger partial charge in [0.05, 0.1) is 6.54 Å². The molecule has 39 heavy (non-hydrogen) atoms. The number of rotatable bonds is 17. The van der Waals surface area contributed by atoms with Crippen LogP contribution in [0.3, 0.4) is 0 Å². The molecule has 0 radical (unpaired) electrons. The van der Waals surface area contributed by atoms with E-state index in [-0.39, 0.29) is 37.5 Å². The van der Waals surface area contributed by atoms with Crippen molar-refractivity contribution in [2.45, 2.75) is 38.3 Å². The molecule has 0 aliphatic heterocycles. The minimum Gasteiger partial charge on any atom is -0.429 e. The second-order valence-electron chi connectivity index (χ2n) is 8.98. The molecule has 0 unspecified atom stereocenters. The minimum absolute atomic E-state index is 0.0429. The highest BCUT2D eigenvalue weighted by molar-refractivity contribution is 5.86. The van der Waals surface area contributed by atoms with Crippen molar-refractivity contribution in [2.75, 3.05) is 46.8 Å². The van der Waals surface area contributed by atoms with Crippen molar-refractivity contribution in [1.29, 1.82) is 5.41 Å². The zero-order valence-corrected chi connectivity index (χ0v) is 22.8. The molecule has 1 aromatic rings. The lowest BCUT2D eigenvalue weighted by Gasteiger charge is -2.28. The highest BCUT2D eigenvalue weighted by Gasteiger charge is 2.29. The van der Waals surface area contributed by atoms with Crippen molar-refractivity contribution in [2.24, 2.45) is 38.8 Å². The summed E-state index contributed by atoms with van der Waals surface area (Å²) < 4.78 is 10.1. The number of benzene rings is 1. The number of hydrogen-bond acceptors (Lipinski definition) is 9. The highest BCUT2D eigenvalue weighted by Crippen LogP contribution is 2.14. The SMILES string of the molecule is CN(C)CCCN(N=C(N)N)[C@H](CCCCN(CCN=C(N)N)C(=N)N)C(=O)OC(=O)OCc1ccccc1. The van der Waals surface area contributed by atoms with Gasteiger partial charge in [-0.3, -0.25) is 15.4 Å². The van der Waals surface area contributed by atoms with Gasteiger partial charge in [0.15, 0.2) is 11.9 Å². The summed E-state index contributed by atoms with van der Waals surface area (Å²) in [6.07, 6.45) is 0.874. The Morgan fingerprint density at radius 2 is 1.62 bits per heavy atom. The van der Waals surface area contributed by atoms with Gasteiger partial charge in [-0.15, -0.1) is 5.10 Å². The number of nitrogens with one attached hydrogen (secondary N) is 1. The Labute approximate surface area is 229 Å². The fraction of sp³-hybridized carbons (Fsp3) is 0.542. The molecule has 0 heterocycles. The summed E-state index contributed by atoms with van der Waals surface area (Å²) in [5.41, 5.74) is 28.4. The van der Waals surface area contributed by atoms with E-state index in [9.17, 15) is 9.59 Å². The Kier molecular flexibility index (Phi) is 15.2. The summed E-state index contributed by atoms with van der Waals surface area (Å²) >= 11 is 0. The molecular weight excluding hydrogens is 506 g/mol. The van der Waals surface area contributed by atoms with Crippen LogP contribution in [0.15, 0.2) is 40.4 Å². The molecule has 1 aromatic carbocycles. The van der Waals surface area contributed by atoms with E-state index >= 15 is 0 Å². The van der Waals surface area contributed by atoms with Crippen LogP contribution in [0.1, 0.15) is 31.2 Å². The van der Waals surface area contributed by atoms with E-state index in [1.165, 1.54) is 5.01 Å². The maximum atomic E-state index is 13.1. The van der Waals surface area contributed by atoms with Gasteiger partial charge >= 0.3 is 12.1 Å². The number of guanidine groups is 3. The molecular formula is C24H43N11O4. The zero-order valence-electron chi connectivity index (χ0n) is 22.8. The lowest BCUT2D eigenvalue weighted by Crippen LogP contribution is -2.43. The molecule has 0 aliphatic rings. The number of ether oxygens (including phenoxy) is 2. The molecule has 0 bridgehead atoms. The fourth-order valence-corrected chi connectivity index (χ4v) is 3.55. The number of hydrogen-bond donors (Lipinski definition) is 6. The Balaban J connectivity index is 2.88. The van der Waals surface area contributed by atoms with Gasteiger partial charge in [0, 0.05) is 19.6 Å². The van der Waals surface area contributed by atoms with Crippen LogP contribution in [0.4, 0.5) is 4.79 Å². The van der Waals surface area contributed by atoms with Crippen molar-refractivity contribution in [1.82, 2.24) is 14.8 Å². The minimum atomic E-state index is -1.12. The smallest absolute Gasteiger partial charge is 0.429 e. The first-order valence-electron chi connectivity index (χ1n) is 12.6. The van der Waals surface area contributed by atoms with Crippen LogP contribution in [0.2, 0.25) is 0 Å². The van der Waals surface area contributed by atoms with Gasteiger partial charge in [-0.25, -0.2) is 9.59 Å². The normalized spacial score (nSPS) is 11.3. The summed E-state index contributed by atoms with van der Waals surface area (Å²) in [7, 11) is 3.85. The molecule has 0 spiro atoms. The van der Waals surface area contributed by atoms with Gasteiger partial charge in [-0.05, 0) is 51.9 Å². The highest BCUT2D eigenvalue weighted by atomic mass is 16.7. The van der Waals surface area contributed by atoms with Crippen LogP contribution >= 0.6 is 0 Å². The fourth-order valence-electron chi connectivity index (χ4n) is 3.55. The molecule has 0 saturated heterocycles. The number of aliphatic imine (C=N–C) groups is 1. The molecule has 15 heteroatoms. The maximum absolute atomic E-state index is 13.1. The predicted octanol–water partition coefficient (Wildman–Crippen LogP) is -0.684. The standard InChI is InChI=1S/C24H43N11O4/c1-33(2)13-8-15-35(32-22(27)28)19(11-6-7-14-34(23(29)30)16-12-31-21(25)26)20(36)39-24(37)38-17-18-9-4-3-5-10-18/h3-5,9-10,19H,6-8,11-17H2,1-2H3,(H3,29,30)(H4,25,26,31)(H4,27,28,32)/t19-/m1/s1. The average Bonchev–Trinajstić information content (AvgIpc) is 2.85. The van der Waals surface area contributed by atoms with E-state index < -0.39 is 18.2 Å². The maximum Gasteiger partial charge on any atom is 0.516 e. The Morgan fingerprint density at radius 1 is 0.923 bits per heavy atom. The van der Waals surface area contributed by atoms with Crippen LogP contribution in [-0.2, 0) is 20.9 Å². The Morgan fingerprint density at radius 3 is 2.21 bits per heavy atom. The second-order valence-corrected chi connectivity index (χ2v) is 8.98. The number of unbranched alkanes of at least 4 members (excludes halogenated alkanes) is 1. The van der Waals surface area contributed by atoms with Crippen LogP contribution in [0.25, 0.3) is 0 Å². The largest absolute Gasteiger partial charge is 0.516 e. The molecule has 0 saturated carbocycles. The summed E-state index contributed by atoms with van der Waals surface area (Å²) in [6.45, 7) is 2.09. The van der Waals surface area contributed by atoms with Crippen LogP contribution in [0, 0.1) is 5.41 Å². The predicted molar refractivity (Wildman–Crippen MR) is 150 cm³/mol. The van der Waals surface area contributed by atoms with Crippen LogP contribution in [0.5, 0.6) is 0 Å². The van der Waals surface area contributed by atoms with Gasteiger partial charge in [0.2, 0.25) is 5.96 Å². The third-order valence-corrected chi connectivity index (χ3v) is 5.41. The lowest BCUT2D eigenvalue weighted by atomic mass is 10.1. The van der Waals surface area contributed by atoms with Crippen LogP contribution in [-0.4, -0.2) is 97.7 Å². The van der Waals surface area contributed by atoms with Gasteiger partial charge in [-0.1, -0.05) is 30.3 Å². The van der Waals surface area contributed by atoms with Crippen molar-refractivity contribution in [3.8, 4) is 0 Å². The third-order valence-electron chi connectivity index (χ3n) is 5.41. The molecule has 0 fully saturated rings. The van der Waals surface area contributed by atoms with E-state index in [1.54, 1.807) is 29.2 Å². The molecule has 15 nitrogen and oxygen atoms in total. The monoisotopic (exact) mass is 549 g/mol. The molecule has 11 N–H and O–H groups in total. The molecule has 218 valence electrons. The van der Waals surface area contributed by atoms with E-state index in [2.05, 4.69) is 10.1 Å². The van der Waals surface area contributed by atoms with Gasteiger partial charge < -0.3 is 47.9 Å². The van der Waals surface area contributed by atoms with Crippen molar-refractivity contribution >= 4 is 30.0 Å². The number of carbonyl (C=O) groups excluding carboxylic acids is 2. The topological polar surface area (TPSA) is 241 Å². The second kappa shape index (κ2) is 18.1. The van der Waals surface area contributed by atoms with Gasteiger partial charge in [0.25, 0.3) is 0 Å².